The van der Waals surface area contributed by atoms with Gasteiger partial charge in [-0.1, -0.05) is 6.07 Å². The molecule has 0 aliphatic heterocycles. The molecule has 0 unspecified atom stereocenters. The Bertz CT molecular complexity index is 1290. The zero-order valence-electron chi connectivity index (χ0n) is 18.6. The Hall–Kier alpha value is -2.72. The summed E-state index contributed by atoms with van der Waals surface area (Å²) < 4.78 is 30.4. The van der Waals surface area contributed by atoms with Gasteiger partial charge in [0.2, 0.25) is 5.91 Å². The molecule has 32 heavy (non-hydrogen) atoms. The molecule has 0 N–H and O–H groups in total. The number of carbonyl (C=O) groups excluding carboxylic acids is 1. The Kier molecular flexibility index (Phi) is 7.35. The van der Waals surface area contributed by atoms with Gasteiger partial charge in [0.15, 0.2) is 9.84 Å². The summed E-state index contributed by atoms with van der Waals surface area (Å²) in [4.78, 5) is 33.2. The SMILES string of the molecule is Cc1sc2ncn(CCC(=O)N(C)CCCOc3cccc(S(C)(=O)=O)c3)c(=O)c2c1C. The highest BCUT2D eigenvalue weighted by atomic mass is 32.2. The maximum Gasteiger partial charge on any atom is 0.262 e. The summed E-state index contributed by atoms with van der Waals surface area (Å²) in [5.74, 6) is 0.400. The van der Waals surface area contributed by atoms with Gasteiger partial charge < -0.3 is 9.64 Å². The van der Waals surface area contributed by atoms with Gasteiger partial charge >= 0.3 is 0 Å². The minimum absolute atomic E-state index is 0.0747. The normalized spacial score (nSPS) is 11.6. The van der Waals surface area contributed by atoms with Crippen molar-refractivity contribution in [1.29, 1.82) is 0 Å². The van der Waals surface area contributed by atoms with Gasteiger partial charge in [0.1, 0.15) is 10.6 Å². The van der Waals surface area contributed by atoms with E-state index in [0.717, 1.165) is 21.5 Å². The molecule has 0 radical (unpaired) electrons. The van der Waals surface area contributed by atoms with Crippen molar-refractivity contribution in [1.82, 2.24) is 14.5 Å². The van der Waals surface area contributed by atoms with Crippen molar-refractivity contribution in [3.05, 3.63) is 51.4 Å². The van der Waals surface area contributed by atoms with E-state index in [9.17, 15) is 18.0 Å². The maximum atomic E-state index is 12.7. The van der Waals surface area contributed by atoms with Gasteiger partial charge in [0, 0.05) is 37.7 Å². The molecule has 1 aromatic carbocycles. The molecule has 0 fully saturated rings. The molecule has 0 bridgehead atoms. The Balaban J connectivity index is 1.49. The van der Waals surface area contributed by atoms with Crippen LogP contribution < -0.4 is 10.3 Å². The van der Waals surface area contributed by atoms with E-state index >= 15 is 0 Å². The first kappa shape index (κ1) is 23.9. The van der Waals surface area contributed by atoms with E-state index in [1.54, 1.807) is 24.1 Å². The number of aryl methyl sites for hydroxylation is 3. The summed E-state index contributed by atoms with van der Waals surface area (Å²) in [6, 6.07) is 6.34. The quantitative estimate of drug-likeness (QED) is 0.440. The first-order valence-electron chi connectivity index (χ1n) is 10.2. The van der Waals surface area contributed by atoms with Crippen LogP contribution in [0.1, 0.15) is 23.3 Å². The Morgan fingerprint density at radius 3 is 2.75 bits per heavy atom. The van der Waals surface area contributed by atoms with E-state index in [2.05, 4.69) is 4.98 Å². The molecule has 10 heteroatoms. The van der Waals surface area contributed by atoms with Crippen LogP contribution in [0.4, 0.5) is 0 Å². The third-order valence-electron chi connectivity index (χ3n) is 5.29. The molecule has 172 valence electrons. The largest absolute Gasteiger partial charge is 0.493 e. The third kappa shape index (κ3) is 5.55. The number of hydrogen-bond acceptors (Lipinski definition) is 7. The van der Waals surface area contributed by atoms with Crippen LogP contribution in [0.3, 0.4) is 0 Å². The molecular formula is C22H27N3O5S2. The molecule has 2 aromatic heterocycles. The first-order chi connectivity index (χ1) is 15.1. The molecule has 1 amide bonds. The van der Waals surface area contributed by atoms with Crippen LogP contribution in [0.2, 0.25) is 0 Å². The number of ether oxygens (including phenoxy) is 1. The standard InChI is InChI=1S/C22H27N3O5S2/c1-15-16(2)31-21-20(15)22(27)25(14-23-21)11-9-19(26)24(3)10-6-12-30-17-7-5-8-18(13-17)32(4,28)29/h5,7-8,13-14H,6,9-12H2,1-4H3. The van der Waals surface area contributed by atoms with Gasteiger partial charge in [-0.15, -0.1) is 11.3 Å². The second kappa shape index (κ2) is 9.83. The van der Waals surface area contributed by atoms with Gasteiger partial charge in [0.05, 0.1) is 23.2 Å². The van der Waals surface area contributed by atoms with E-state index in [1.165, 1.54) is 34.4 Å². The molecule has 0 aliphatic carbocycles. The molecule has 0 spiro atoms. The van der Waals surface area contributed by atoms with Crippen molar-refractivity contribution in [3.63, 3.8) is 0 Å². The summed E-state index contributed by atoms with van der Waals surface area (Å²) in [6.45, 7) is 4.99. The number of fused-ring (bicyclic) bond motifs is 1. The van der Waals surface area contributed by atoms with Gasteiger partial charge in [0.25, 0.3) is 5.56 Å². The molecule has 3 aromatic rings. The predicted molar refractivity (Wildman–Crippen MR) is 125 cm³/mol. The number of carbonyl (C=O) groups is 1. The topological polar surface area (TPSA) is 98.6 Å². The molecule has 0 saturated carbocycles. The molecule has 0 aliphatic rings. The number of rotatable bonds is 9. The number of nitrogens with zero attached hydrogens (tertiary/aromatic N) is 3. The van der Waals surface area contributed by atoms with Crippen molar-refractivity contribution in [2.75, 3.05) is 26.5 Å². The molecule has 2 heterocycles. The lowest BCUT2D eigenvalue weighted by atomic mass is 10.2. The highest BCUT2D eigenvalue weighted by Crippen LogP contribution is 2.25. The molecule has 3 rings (SSSR count). The second-order valence-electron chi connectivity index (χ2n) is 7.72. The minimum atomic E-state index is -3.29. The molecular weight excluding hydrogens is 450 g/mol. The summed E-state index contributed by atoms with van der Waals surface area (Å²) in [5, 5.41) is 0.632. The number of benzene rings is 1. The zero-order valence-corrected chi connectivity index (χ0v) is 20.3. The van der Waals surface area contributed by atoms with Gasteiger partial charge in [-0.05, 0) is 44.0 Å². The predicted octanol–water partition coefficient (Wildman–Crippen LogP) is 2.80. The van der Waals surface area contributed by atoms with E-state index < -0.39 is 9.84 Å². The number of hydrogen-bond donors (Lipinski definition) is 0. The fraction of sp³-hybridized carbons (Fsp3) is 0.409. The van der Waals surface area contributed by atoms with Gasteiger partial charge in [-0.2, -0.15) is 0 Å². The van der Waals surface area contributed by atoms with Crippen molar-refractivity contribution >= 4 is 37.3 Å². The van der Waals surface area contributed by atoms with Crippen LogP contribution in [-0.2, 0) is 21.2 Å². The maximum absolute atomic E-state index is 12.7. The average Bonchev–Trinajstić information content (AvgIpc) is 3.04. The number of sulfone groups is 1. The lowest BCUT2D eigenvalue weighted by molar-refractivity contribution is -0.130. The average molecular weight is 478 g/mol. The summed E-state index contributed by atoms with van der Waals surface area (Å²) in [6.07, 6.45) is 3.44. The molecule has 0 atom stereocenters. The summed E-state index contributed by atoms with van der Waals surface area (Å²) >= 11 is 1.50. The lowest BCUT2D eigenvalue weighted by Crippen LogP contribution is -2.31. The fourth-order valence-corrected chi connectivity index (χ4v) is 4.89. The number of amides is 1. The monoisotopic (exact) mass is 477 g/mol. The van der Waals surface area contributed by atoms with Crippen molar-refractivity contribution in [2.24, 2.45) is 0 Å². The van der Waals surface area contributed by atoms with Crippen molar-refractivity contribution in [3.8, 4) is 5.75 Å². The van der Waals surface area contributed by atoms with E-state index in [4.69, 9.17) is 4.74 Å². The van der Waals surface area contributed by atoms with E-state index in [1.807, 2.05) is 13.8 Å². The number of thiophene rings is 1. The fourth-order valence-electron chi connectivity index (χ4n) is 3.25. The van der Waals surface area contributed by atoms with Crippen molar-refractivity contribution in [2.45, 2.75) is 38.1 Å². The van der Waals surface area contributed by atoms with E-state index in [0.29, 0.717) is 30.7 Å². The smallest absolute Gasteiger partial charge is 0.262 e. The van der Waals surface area contributed by atoms with Crippen LogP contribution in [0, 0.1) is 13.8 Å². The third-order valence-corrected chi connectivity index (χ3v) is 7.51. The highest BCUT2D eigenvalue weighted by Gasteiger charge is 2.14. The van der Waals surface area contributed by atoms with E-state index in [-0.39, 0.29) is 29.3 Å². The van der Waals surface area contributed by atoms with Crippen LogP contribution in [0.5, 0.6) is 5.75 Å². The molecule has 0 saturated heterocycles. The van der Waals surface area contributed by atoms with Crippen LogP contribution in [0.15, 0.2) is 40.3 Å². The van der Waals surface area contributed by atoms with Crippen LogP contribution >= 0.6 is 11.3 Å². The van der Waals surface area contributed by atoms with Gasteiger partial charge in [-0.3, -0.25) is 14.2 Å². The Labute approximate surface area is 191 Å². The lowest BCUT2D eigenvalue weighted by Gasteiger charge is -2.17. The minimum Gasteiger partial charge on any atom is -0.493 e. The molecule has 8 nitrogen and oxygen atoms in total. The van der Waals surface area contributed by atoms with Crippen LogP contribution in [-0.4, -0.2) is 55.2 Å². The summed E-state index contributed by atoms with van der Waals surface area (Å²) in [7, 11) is -1.58. The Morgan fingerprint density at radius 1 is 1.28 bits per heavy atom. The highest BCUT2D eigenvalue weighted by molar-refractivity contribution is 7.90. The first-order valence-corrected chi connectivity index (χ1v) is 12.9. The second-order valence-corrected chi connectivity index (χ2v) is 10.9. The number of aromatic nitrogens is 2. The van der Waals surface area contributed by atoms with Crippen molar-refractivity contribution < 1.29 is 17.9 Å². The Morgan fingerprint density at radius 2 is 2.03 bits per heavy atom. The van der Waals surface area contributed by atoms with Crippen LogP contribution in [0.25, 0.3) is 10.2 Å². The summed E-state index contributed by atoms with van der Waals surface area (Å²) in [5.41, 5.74) is 0.833. The zero-order chi connectivity index (χ0) is 23.5. The van der Waals surface area contributed by atoms with Gasteiger partial charge in [-0.25, -0.2) is 13.4 Å².